The van der Waals surface area contributed by atoms with Gasteiger partial charge in [0, 0.05) is 28.5 Å². The predicted molar refractivity (Wildman–Crippen MR) is 183 cm³/mol. The molecule has 0 aliphatic carbocycles. The lowest BCUT2D eigenvalue weighted by molar-refractivity contribution is -0.581. The third kappa shape index (κ3) is 6.34. The summed E-state index contributed by atoms with van der Waals surface area (Å²) in [5.41, 5.74) is 9.14. The summed E-state index contributed by atoms with van der Waals surface area (Å²) >= 11 is 0. The van der Waals surface area contributed by atoms with E-state index in [2.05, 4.69) is 139 Å². The molecule has 0 atom stereocenters. The summed E-state index contributed by atoms with van der Waals surface area (Å²) < 4.78 is 14.6. The van der Waals surface area contributed by atoms with Crippen LogP contribution < -0.4 is 14.0 Å². The van der Waals surface area contributed by atoms with Gasteiger partial charge in [0.05, 0.1) is 5.56 Å². The Kier molecular flexibility index (Phi) is 8.07. The number of aromatic nitrogens is 1. The Morgan fingerprint density at radius 1 is 0.489 bits per heavy atom. The summed E-state index contributed by atoms with van der Waals surface area (Å²) in [6.07, 6.45) is 2.25. The first-order valence-corrected chi connectivity index (χ1v) is 15.3. The van der Waals surface area contributed by atoms with Gasteiger partial charge in [0.2, 0.25) is 11.4 Å². The minimum absolute atomic E-state index is 0.531. The van der Waals surface area contributed by atoms with E-state index >= 15 is 0 Å². The Morgan fingerprint density at radius 3 is 1.58 bits per heavy atom. The topological polar surface area (TPSA) is 22.3 Å². The van der Waals surface area contributed by atoms with Crippen LogP contribution in [0.2, 0.25) is 0 Å². The van der Waals surface area contributed by atoms with E-state index in [0.717, 1.165) is 45.1 Å². The highest BCUT2D eigenvalue weighted by atomic mass is 16.5. The molecule has 0 N–H and O–H groups in total. The number of rotatable bonds is 9. The van der Waals surface area contributed by atoms with E-state index in [1.165, 1.54) is 21.9 Å². The van der Waals surface area contributed by atoms with E-state index in [4.69, 9.17) is 9.47 Å². The van der Waals surface area contributed by atoms with Gasteiger partial charge in [-0.25, -0.2) is 0 Å². The van der Waals surface area contributed by atoms with Crippen molar-refractivity contribution in [2.75, 3.05) is 0 Å². The van der Waals surface area contributed by atoms with Gasteiger partial charge in [0.1, 0.15) is 24.7 Å². The zero-order valence-electron chi connectivity index (χ0n) is 25.3. The van der Waals surface area contributed by atoms with Gasteiger partial charge in [-0.1, -0.05) is 109 Å². The van der Waals surface area contributed by atoms with Gasteiger partial charge in [-0.05, 0) is 66.1 Å². The molecule has 0 unspecified atom stereocenters. The standard InChI is InChI=1S/C42H34NO2/c1-31-16-22-37(23-17-31)43-28-36-14-8-9-15-40(36)41(34-18-24-38(25-19-34)44-29-32-10-4-2-5-11-32)42(43)35-20-26-39(27-21-35)45-30-33-12-6-3-7-13-33/h2-28H,29-30H2,1H3/q+1. The van der Waals surface area contributed by atoms with Crippen LogP contribution in [0.4, 0.5) is 0 Å². The summed E-state index contributed by atoms with van der Waals surface area (Å²) in [5.74, 6) is 1.68. The summed E-state index contributed by atoms with van der Waals surface area (Å²) in [5, 5.41) is 2.36. The van der Waals surface area contributed by atoms with Crippen molar-refractivity contribution in [3.05, 3.63) is 181 Å². The average molecular weight is 585 g/mol. The van der Waals surface area contributed by atoms with Crippen molar-refractivity contribution >= 4 is 10.8 Å². The summed E-state index contributed by atoms with van der Waals surface area (Å²) in [7, 11) is 0. The molecule has 0 spiro atoms. The van der Waals surface area contributed by atoms with Crippen LogP contribution in [-0.2, 0) is 13.2 Å². The van der Waals surface area contributed by atoms with Gasteiger partial charge in [-0.15, -0.1) is 0 Å². The fraction of sp³-hybridized carbons (Fsp3) is 0.0714. The number of benzene rings is 6. The number of hydrogen-bond donors (Lipinski definition) is 0. The second kappa shape index (κ2) is 12.9. The Morgan fingerprint density at radius 2 is 1.00 bits per heavy atom. The summed E-state index contributed by atoms with van der Waals surface area (Å²) in [6.45, 7) is 3.19. The van der Waals surface area contributed by atoms with Gasteiger partial charge >= 0.3 is 0 Å². The SMILES string of the molecule is Cc1ccc(-[n+]2cc3ccccc3c(-c3ccc(OCc4ccccc4)cc3)c2-c2ccc(OCc3ccccc3)cc2)cc1. The van der Waals surface area contributed by atoms with Gasteiger partial charge < -0.3 is 9.47 Å². The normalized spacial score (nSPS) is 11.0. The lowest BCUT2D eigenvalue weighted by atomic mass is 9.93. The van der Waals surface area contributed by atoms with Crippen molar-refractivity contribution in [3.8, 4) is 39.6 Å². The molecule has 3 nitrogen and oxygen atoms in total. The maximum absolute atomic E-state index is 6.14. The quantitative estimate of drug-likeness (QED) is 0.158. The molecule has 218 valence electrons. The second-order valence-electron chi connectivity index (χ2n) is 11.2. The fourth-order valence-electron chi connectivity index (χ4n) is 5.68. The van der Waals surface area contributed by atoms with Crippen molar-refractivity contribution in [1.82, 2.24) is 0 Å². The van der Waals surface area contributed by atoms with E-state index in [1.54, 1.807) is 0 Å². The van der Waals surface area contributed by atoms with Crippen LogP contribution >= 0.6 is 0 Å². The average Bonchev–Trinajstić information content (AvgIpc) is 3.11. The van der Waals surface area contributed by atoms with Gasteiger partial charge in [0.25, 0.3) is 0 Å². The van der Waals surface area contributed by atoms with Gasteiger partial charge in [-0.3, -0.25) is 0 Å². The smallest absolute Gasteiger partial charge is 0.226 e. The molecular formula is C42H34NO2+. The Labute approximate surface area is 264 Å². The van der Waals surface area contributed by atoms with Crippen molar-refractivity contribution in [3.63, 3.8) is 0 Å². The molecular weight excluding hydrogens is 550 g/mol. The Hall–Kier alpha value is -5.67. The molecule has 0 aliphatic heterocycles. The maximum Gasteiger partial charge on any atom is 0.226 e. The molecule has 7 aromatic rings. The van der Waals surface area contributed by atoms with Crippen LogP contribution in [0.25, 0.3) is 38.8 Å². The summed E-state index contributed by atoms with van der Waals surface area (Å²) in [4.78, 5) is 0. The van der Waals surface area contributed by atoms with E-state index in [-0.39, 0.29) is 0 Å². The third-order valence-electron chi connectivity index (χ3n) is 8.06. The molecule has 1 heterocycles. The molecule has 45 heavy (non-hydrogen) atoms. The predicted octanol–water partition coefficient (Wildman–Crippen LogP) is 9.92. The second-order valence-corrected chi connectivity index (χ2v) is 11.2. The van der Waals surface area contributed by atoms with Crippen LogP contribution in [-0.4, -0.2) is 0 Å². The zero-order chi connectivity index (χ0) is 30.4. The minimum Gasteiger partial charge on any atom is -0.489 e. The lowest BCUT2D eigenvalue weighted by Crippen LogP contribution is -2.34. The van der Waals surface area contributed by atoms with Gasteiger partial charge in [0.15, 0.2) is 6.20 Å². The molecule has 0 saturated carbocycles. The number of aryl methyl sites for hydroxylation is 1. The highest BCUT2D eigenvalue weighted by molar-refractivity contribution is 6.01. The molecule has 0 bridgehead atoms. The first kappa shape index (κ1) is 28.1. The Bertz CT molecular complexity index is 2020. The molecule has 1 aromatic heterocycles. The molecule has 0 fully saturated rings. The highest BCUT2D eigenvalue weighted by Crippen LogP contribution is 2.38. The number of fused-ring (bicyclic) bond motifs is 1. The van der Waals surface area contributed by atoms with E-state index in [1.807, 2.05) is 36.4 Å². The largest absolute Gasteiger partial charge is 0.489 e. The van der Waals surface area contributed by atoms with Crippen molar-refractivity contribution in [1.29, 1.82) is 0 Å². The maximum atomic E-state index is 6.14. The monoisotopic (exact) mass is 584 g/mol. The van der Waals surface area contributed by atoms with E-state index in [0.29, 0.717) is 13.2 Å². The zero-order valence-corrected chi connectivity index (χ0v) is 25.3. The first-order valence-electron chi connectivity index (χ1n) is 15.3. The molecule has 0 radical (unpaired) electrons. The third-order valence-corrected chi connectivity index (χ3v) is 8.06. The van der Waals surface area contributed by atoms with E-state index in [9.17, 15) is 0 Å². The van der Waals surface area contributed by atoms with Crippen LogP contribution in [0.5, 0.6) is 11.5 Å². The molecule has 6 aromatic carbocycles. The Balaban J connectivity index is 1.32. The van der Waals surface area contributed by atoms with Crippen molar-refractivity contribution in [2.45, 2.75) is 20.1 Å². The van der Waals surface area contributed by atoms with Crippen molar-refractivity contribution < 1.29 is 14.0 Å². The van der Waals surface area contributed by atoms with Gasteiger partial charge in [-0.2, -0.15) is 4.57 Å². The lowest BCUT2D eigenvalue weighted by Gasteiger charge is -2.15. The molecule has 0 amide bonds. The summed E-state index contributed by atoms with van der Waals surface area (Å²) in [6, 6.07) is 54.8. The highest BCUT2D eigenvalue weighted by Gasteiger charge is 2.25. The molecule has 3 heteroatoms. The van der Waals surface area contributed by atoms with Crippen LogP contribution in [0.1, 0.15) is 16.7 Å². The van der Waals surface area contributed by atoms with Crippen LogP contribution in [0.3, 0.4) is 0 Å². The number of hydrogen-bond acceptors (Lipinski definition) is 2. The van der Waals surface area contributed by atoms with E-state index < -0.39 is 0 Å². The molecule has 0 aliphatic rings. The van der Waals surface area contributed by atoms with Crippen LogP contribution in [0, 0.1) is 6.92 Å². The first-order chi connectivity index (χ1) is 22.2. The van der Waals surface area contributed by atoms with Crippen molar-refractivity contribution in [2.24, 2.45) is 0 Å². The van der Waals surface area contributed by atoms with Crippen LogP contribution in [0.15, 0.2) is 164 Å². The molecule has 7 rings (SSSR count). The fourth-order valence-corrected chi connectivity index (χ4v) is 5.68. The number of ether oxygens (including phenoxy) is 2. The number of nitrogens with zero attached hydrogens (tertiary/aromatic N) is 1. The number of pyridine rings is 1. The minimum atomic E-state index is 0.531. The molecule has 0 saturated heterocycles.